The Morgan fingerprint density at radius 1 is 1.28 bits per heavy atom. The molecule has 1 aliphatic carbocycles. The molecule has 1 aliphatic rings. The summed E-state index contributed by atoms with van der Waals surface area (Å²) in [6.45, 7) is 2.09. The summed E-state index contributed by atoms with van der Waals surface area (Å²) >= 11 is 1.54. The highest BCUT2D eigenvalue weighted by Gasteiger charge is 2.20. The first-order valence-corrected chi connectivity index (χ1v) is 10.2. The number of ether oxygens (including phenoxy) is 1. The smallest absolute Gasteiger partial charge is 0.291 e. The molecule has 0 bridgehead atoms. The molecule has 0 radical (unpaired) electrons. The van der Waals surface area contributed by atoms with Gasteiger partial charge in [-0.05, 0) is 49.4 Å². The highest BCUT2D eigenvalue weighted by Crippen LogP contribution is 2.32. The number of nitrogens with zero attached hydrogens (tertiary/aromatic N) is 1. The minimum absolute atomic E-state index is 0.143. The standard InChI is InChI=1S/C21H21N3O4S/c1-13-7-8-16-18(10-13)29-21(23-16)24-19(25)12-28-15-5-2-4-14(11-15)22-20(26)17-6-3-9-27-17/h2-6,9,11,13H,7-8,10,12H2,1H3,(H,22,26)(H,23,24,25). The SMILES string of the molecule is CC1CCc2nc(NC(=O)COc3cccc(NC(=O)c4ccco4)c3)sc2C1. The second-order valence-corrected chi connectivity index (χ2v) is 8.12. The Morgan fingerprint density at radius 2 is 2.17 bits per heavy atom. The van der Waals surface area contributed by atoms with E-state index < -0.39 is 0 Å². The molecule has 0 saturated carbocycles. The van der Waals surface area contributed by atoms with E-state index in [-0.39, 0.29) is 24.2 Å². The van der Waals surface area contributed by atoms with E-state index in [9.17, 15) is 9.59 Å². The van der Waals surface area contributed by atoms with Gasteiger partial charge in [0.1, 0.15) is 5.75 Å². The molecule has 150 valence electrons. The summed E-state index contributed by atoms with van der Waals surface area (Å²) < 4.78 is 10.6. The van der Waals surface area contributed by atoms with Crippen LogP contribution in [0.1, 0.15) is 34.5 Å². The van der Waals surface area contributed by atoms with Crippen LogP contribution in [-0.2, 0) is 17.6 Å². The fourth-order valence-corrected chi connectivity index (χ4v) is 4.35. The molecule has 4 rings (SSSR count). The van der Waals surface area contributed by atoms with E-state index in [0.717, 1.165) is 25.0 Å². The number of benzene rings is 1. The maximum absolute atomic E-state index is 12.2. The number of nitrogens with one attached hydrogen (secondary N) is 2. The molecule has 1 atom stereocenters. The topological polar surface area (TPSA) is 93.5 Å². The maximum Gasteiger partial charge on any atom is 0.291 e. The third kappa shape index (κ3) is 4.83. The van der Waals surface area contributed by atoms with Gasteiger partial charge >= 0.3 is 0 Å². The van der Waals surface area contributed by atoms with Crippen LogP contribution in [0.5, 0.6) is 5.75 Å². The summed E-state index contributed by atoms with van der Waals surface area (Å²) in [6, 6.07) is 10.1. The molecule has 1 aromatic carbocycles. The normalized spacial score (nSPS) is 15.4. The zero-order valence-electron chi connectivity index (χ0n) is 15.9. The van der Waals surface area contributed by atoms with E-state index in [1.165, 1.54) is 11.1 Å². The predicted octanol–water partition coefficient (Wildman–Crippen LogP) is 4.13. The van der Waals surface area contributed by atoms with Crippen molar-refractivity contribution in [1.29, 1.82) is 0 Å². The number of anilines is 2. The van der Waals surface area contributed by atoms with Crippen molar-refractivity contribution in [2.24, 2.45) is 5.92 Å². The molecule has 2 heterocycles. The largest absolute Gasteiger partial charge is 0.484 e. The summed E-state index contributed by atoms with van der Waals surface area (Å²) in [5, 5.41) is 6.16. The van der Waals surface area contributed by atoms with Gasteiger partial charge in [0.15, 0.2) is 17.5 Å². The number of rotatable bonds is 6. The van der Waals surface area contributed by atoms with Gasteiger partial charge in [-0.3, -0.25) is 14.9 Å². The highest BCUT2D eigenvalue weighted by atomic mass is 32.1. The Bertz CT molecular complexity index is 1010. The molecule has 3 aromatic rings. The number of hydrogen-bond acceptors (Lipinski definition) is 6. The molecule has 7 nitrogen and oxygen atoms in total. The van der Waals surface area contributed by atoms with Crippen LogP contribution < -0.4 is 15.4 Å². The first-order chi connectivity index (χ1) is 14.1. The third-order valence-electron chi connectivity index (χ3n) is 4.64. The van der Waals surface area contributed by atoms with Crippen LogP contribution in [0.15, 0.2) is 47.1 Å². The summed E-state index contributed by atoms with van der Waals surface area (Å²) in [7, 11) is 0. The molecular formula is C21H21N3O4S. The van der Waals surface area contributed by atoms with Crippen molar-refractivity contribution >= 4 is 34.0 Å². The fourth-order valence-electron chi connectivity index (χ4n) is 3.16. The number of carbonyl (C=O) groups is 2. The molecule has 0 aliphatic heterocycles. The average molecular weight is 411 g/mol. The molecule has 2 N–H and O–H groups in total. The molecule has 0 fully saturated rings. The number of amides is 2. The Morgan fingerprint density at radius 3 is 3.00 bits per heavy atom. The van der Waals surface area contributed by atoms with Gasteiger partial charge in [0, 0.05) is 16.6 Å². The van der Waals surface area contributed by atoms with Crippen molar-refractivity contribution in [1.82, 2.24) is 4.98 Å². The van der Waals surface area contributed by atoms with Gasteiger partial charge in [0.2, 0.25) is 0 Å². The summed E-state index contributed by atoms with van der Waals surface area (Å²) in [5.74, 6) is 0.734. The minimum Gasteiger partial charge on any atom is -0.484 e. The van der Waals surface area contributed by atoms with Gasteiger partial charge < -0.3 is 14.5 Å². The number of hydrogen-bond donors (Lipinski definition) is 2. The number of furan rings is 1. The van der Waals surface area contributed by atoms with Gasteiger partial charge in [-0.1, -0.05) is 13.0 Å². The van der Waals surface area contributed by atoms with Gasteiger partial charge in [0.05, 0.1) is 12.0 Å². The Balaban J connectivity index is 1.31. The van der Waals surface area contributed by atoms with E-state index in [1.54, 1.807) is 47.7 Å². The van der Waals surface area contributed by atoms with Gasteiger partial charge in [0.25, 0.3) is 11.8 Å². The van der Waals surface area contributed by atoms with E-state index in [4.69, 9.17) is 9.15 Å². The molecule has 0 saturated heterocycles. The molecule has 1 unspecified atom stereocenters. The Hall–Kier alpha value is -3.13. The van der Waals surface area contributed by atoms with Crippen LogP contribution in [0, 0.1) is 5.92 Å². The first-order valence-electron chi connectivity index (χ1n) is 9.43. The summed E-state index contributed by atoms with van der Waals surface area (Å²) in [4.78, 5) is 30.1. The van der Waals surface area contributed by atoms with Crippen LogP contribution in [0.3, 0.4) is 0 Å². The van der Waals surface area contributed by atoms with Crippen LogP contribution in [-0.4, -0.2) is 23.4 Å². The lowest BCUT2D eigenvalue weighted by Crippen LogP contribution is -2.20. The maximum atomic E-state index is 12.2. The lowest BCUT2D eigenvalue weighted by molar-refractivity contribution is -0.118. The number of aryl methyl sites for hydroxylation is 1. The van der Waals surface area contributed by atoms with Crippen LogP contribution in [0.2, 0.25) is 0 Å². The molecule has 2 amide bonds. The second kappa shape index (κ2) is 8.48. The van der Waals surface area contributed by atoms with E-state index in [1.807, 2.05) is 0 Å². The van der Waals surface area contributed by atoms with Crippen LogP contribution in [0.25, 0.3) is 0 Å². The zero-order chi connectivity index (χ0) is 20.2. The Labute approximate surface area is 172 Å². The first kappa shape index (κ1) is 19.2. The van der Waals surface area contributed by atoms with Crippen molar-refractivity contribution in [2.75, 3.05) is 17.2 Å². The quantitative estimate of drug-likeness (QED) is 0.636. The third-order valence-corrected chi connectivity index (χ3v) is 5.67. The molecule has 2 aromatic heterocycles. The van der Waals surface area contributed by atoms with Crippen molar-refractivity contribution in [3.63, 3.8) is 0 Å². The summed E-state index contributed by atoms with van der Waals surface area (Å²) in [5.41, 5.74) is 1.65. The lowest BCUT2D eigenvalue weighted by atomic mass is 9.93. The van der Waals surface area contributed by atoms with Crippen molar-refractivity contribution in [3.05, 3.63) is 59.0 Å². The number of thiazole rings is 1. The molecule has 29 heavy (non-hydrogen) atoms. The summed E-state index contributed by atoms with van der Waals surface area (Å²) in [6.07, 6.45) is 4.57. The molecule has 8 heteroatoms. The van der Waals surface area contributed by atoms with Gasteiger partial charge in [-0.25, -0.2) is 4.98 Å². The lowest BCUT2D eigenvalue weighted by Gasteiger charge is -2.15. The van der Waals surface area contributed by atoms with Crippen LogP contribution in [0.4, 0.5) is 10.8 Å². The minimum atomic E-state index is -0.355. The van der Waals surface area contributed by atoms with E-state index in [0.29, 0.717) is 22.5 Å². The van der Waals surface area contributed by atoms with Crippen molar-refractivity contribution in [3.8, 4) is 5.75 Å². The second-order valence-electron chi connectivity index (χ2n) is 7.03. The van der Waals surface area contributed by atoms with Gasteiger partial charge in [-0.2, -0.15) is 0 Å². The van der Waals surface area contributed by atoms with Crippen molar-refractivity contribution in [2.45, 2.75) is 26.2 Å². The number of aromatic nitrogens is 1. The fraction of sp³-hybridized carbons (Fsp3) is 0.286. The zero-order valence-corrected chi connectivity index (χ0v) is 16.8. The average Bonchev–Trinajstić information content (AvgIpc) is 3.36. The number of fused-ring (bicyclic) bond motifs is 1. The molecular weight excluding hydrogens is 390 g/mol. The highest BCUT2D eigenvalue weighted by molar-refractivity contribution is 7.15. The van der Waals surface area contributed by atoms with Crippen molar-refractivity contribution < 1.29 is 18.7 Å². The predicted molar refractivity (Wildman–Crippen MR) is 111 cm³/mol. The van der Waals surface area contributed by atoms with E-state index >= 15 is 0 Å². The monoisotopic (exact) mass is 411 g/mol. The number of carbonyl (C=O) groups excluding carboxylic acids is 2. The van der Waals surface area contributed by atoms with Crippen LogP contribution >= 0.6 is 11.3 Å². The van der Waals surface area contributed by atoms with Gasteiger partial charge in [-0.15, -0.1) is 11.3 Å². The molecule has 0 spiro atoms. The van der Waals surface area contributed by atoms with E-state index in [2.05, 4.69) is 22.5 Å². The Kier molecular flexibility index (Phi) is 5.62.